The number of urea groups is 1. The molecule has 0 radical (unpaired) electrons. The highest BCUT2D eigenvalue weighted by molar-refractivity contribution is 7.15. The monoisotopic (exact) mass is 354 g/mol. The molecule has 0 saturated carbocycles. The third-order valence-electron chi connectivity index (χ3n) is 3.56. The number of carbonyl (C=O) groups excluding carboxylic acids is 1. The Labute approximate surface area is 149 Å². The topological polar surface area (TPSA) is 76.1 Å². The van der Waals surface area contributed by atoms with Crippen LogP contribution in [-0.2, 0) is 6.54 Å². The Hall–Kier alpha value is -2.93. The molecule has 6 nitrogen and oxygen atoms in total. The average molecular weight is 354 g/mol. The lowest BCUT2D eigenvalue weighted by molar-refractivity contribution is 0.252. The first-order chi connectivity index (χ1) is 12.2. The Morgan fingerprint density at radius 3 is 2.72 bits per heavy atom. The first-order valence-electron chi connectivity index (χ1n) is 7.71. The Kier molecular flexibility index (Phi) is 5.25. The van der Waals surface area contributed by atoms with Crippen LogP contribution < -0.4 is 15.4 Å². The third kappa shape index (κ3) is 4.33. The van der Waals surface area contributed by atoms with Crippen molar-refractivity contribution in [2.45, 2.75) is 13.5 Å². The molecule has 0 aliphatic heterocycles. The third-order valence-corrected chi connectivity index (χ3v) is 4.77. The highest BCUT2D eigenvalue weighted by Gasteiger charge is 2.11. The van der Waals surface area contributed by atoms with Crippen molar-refractivity contribution in [3.05, 3.63) is 59.4 Å². The number of pyridine rings is 1. The first kappa shape index (κ1) is 16.9. The maximum absolute atomic E-state index is 12.0. The summed E-state index contributed by atoms with van der Waals surface area (Å²) in [6.45, 7) is 2.36. The van der Waals surface area contributed by atoms with Gasteiger partial charge < -0.3 is 15.4 Å². The Bertz CT molecular complexity index is 847. The zero-order chi connectivity index (χ0) is 17.6. The smallest absolute Gasteiger partial charge is 0.319 e. The second-order valence-electron chi connectivity index (χ2n) is 5.31. The van der Waals surface area contributed by atoms with Gasteiger partial charge in [0.15, 0.2) is 0 Å². The number of nitrogens with one attached hydrogen (secondary N) is 2. The van der Waals surface area contributed by atoms with Crippen LogP contribution in [0.4, 0.5) is 10.5 Å². The van der Waals surface area contributed by atoms with Gasteiger partial charge in [0.1, 0.15) is 10.8 Å². The van der Waals surface area contributed by atoms with E-state index in [0.717, 1.165) is 26.9 Å². The van der Waals surface area contributed by atoms with Gasteiger partial charge in [-0.1, -0.05) is 0 Å². The van der Waals surface area contributed by atoms with Crippen molar-refractivity contribution in [1.82, 2.24) is 15.3 Å². The quantitative estimate of drug-likeness (QED) is 0.730. The molecule has 1 aromatic carbocycles. The Morgan fingerprint density at radius 1 is 1.24 bits per heavy atom. The summed E-state index contributed by atoms with van der Waals surface area (Å²) in [4.78, 5) is 21.7. The van der Waals surface area contributed by atoms with Crippen LogP contribution in [0.25, 0.3) is 10.6 Å². The zero-order valence-corrected chi connectivity index (χ0v) is 14.8. The maximum atomic E-state index is 12.0. The number of nitrogens with zero attached hydrogens (tertiary/aromatic N) is 2. The molecule has 25 heavy (non-hydrogen) atoms. The van der Waals surface area contributed by atoms with E-state index in [9.17, 15) is 4.79 Å². The molecular formula is C18H18N4O2S. The number of thiazole rings is 1. The van der Waals surface area contributed by atoms with E-state index < -0.39 is 0 Å². The van der Waals surface area contributed by atoms with Gasteiger partial charge in [0.2, 0.25) is 0 Å². The van der Waals surface area contributed by atoms with Gasteiger partial charge in [0.05, 0.1) is 19.3 Å². The van der Waals surface area contributed by atoms with Gasteiger partial charge in [-0.15, -0.1) is 11.3 Å². The summed E-state index contributed by atoms with van der Waals surface area (Å²) < 4.78 is 5.09. The normalized spacial score (nSPS) is 10.3. The lowest BCUT2D eigenvalue weighted by Gasteiger charge is -2.07. The summed E-state index contributed by atoms with van der Waals surface area (Å²) in [5.74, 6) is 0.745. The summed E-state index contributed by atoms with van der Waals surface area (Å²) >= 11 is 1.56. The van der Waals surface area contributed by atoms with Gasteiger partial charge >= 0.3 is 6.03 Å². The predicted molar refractivity (Wildman–Crippen MR) is 98.9 cm³/mol. The average Bonchev–Trinajstić information content (AvgIpc) is 3.02. The van der Waals surface area contributed by atoms with Gasteiger partial charge in [0, 0.05) is 28.5 Å². The highest BCUT2D eigenvalue weighted by Crippen LogP contribution is 2.27. The minimum absolute atomic E-state index is 0.263. The summed E-state index contributed by atoms with van der Waals surface area (Å²) in [5, 5.41) is 6.55. The molecule has 2 amide bonds. The van der Waals surface area contributed by atoms with E-state index in [2.05, 4.69) is 20.6 Å². The zero-order valence-electron chi connectivity index (χ0n) is 13.9. The minimum atomic E-state index is -0.263. The van der Waals surface area contributed by atoms with Gasteiger partial charge in [0.25, 0.3) is 0 Å². The fourth-order valence-electron chi connectivity index (χ4n) is 2.21. The number of carbonyl (C=O) groups is 1. The van der Waals surface area contributed by atoms with Crippen molar-refractivity contribution in [3.8, 4) is 16.3 Å². The molecule has 3 aromatic rings. The molecule has 0 aliphatic rings. The molecule has 0 spiro atoms. The number of rotatable bonds is 5. The highest BCUT2D eigenvalue weighted by atomic mass is 32.1. The number of hydrogen-bond donors (Lipinski definition) is 2. The minimum Gasteiger partial charge on any atom is -0.497 e. The predicted octanol–water partition coefficient (Wildman–Crippen LogP) is 3.84. The summed E-state index contributed by atoms with van der Waals surface area (Å²) in [7, 11) is 1.60. The molecule has 2 heterocycles. The Morgan fingerprint density at radius 2 is 2.04 bits per heavy atom. The van der Waals surface area contributed by atoms with Crippen LogP contribution in [-0.4, -0.2) is 23.1 Å². The molecule has 0 aliphatic carbocycles. The summed E-state index contributed by atoms with van der Waals surface area (Å²) in [6, 6.07) is 10.8. The molecule has 128 valence electrons. The number of amides is 2. The van der Waals surface area contributed by atoms with Crippen molar-refractivity contribution in [2.75, 3.05) is 12.4 Å². The number of ether oxygens (including phenoxy) is 1. The van der Waals surface area contributed by atoms with E-state index in [4.69, 9.17) is 4.74 Å². The van der Waals surface area contributed by atoms with E-state index in [-0.39, 0.29) is 6.03 Å². The van der Waals surface area contributed by atoms with Crippen molar-refractivity contribution < 1.29 is 9.53 Å². The van der Waals surface area contributed by atoms with Crippen LogP contribution in [0, 0.1) is 6.92 Å². The van der Waals surface area contributed by atoms with Crippen molar-refractivity contribution in [3.63, 3.8) is 0 Å². The number of anilines is 1. The second kappa shape index (κ2) is 7.76. The van der Waals surface area contributed by atoms with Gasteiger partial charge in [-0.3, -0.25) is 4.98 Å². The molecule has 2 N–H and O–H groups in total. The number of aryl methyl sites for hydroxylation is 1. The van der Waals surface area contributed by atoms with Crippen LogP contribution in [0.2, 0.25) is 0 Å². The van der Waals surface area contributed by atoms with Gasteiger partial charge in [-0.05, 0) is 43.3 Å². The van der Waals surface area contributed by atoms with Crippen LogP contribution in [0.5, 0.6) is 5.75 Å². The van der Waals surface area contributed by atoms with E-state index in [1.807, 2.05) is 19.1 Å². The number of benzene rings is 1. The molecular weight excluding hydrogens is 336 g/mol. The van der Waals surface area contributed by atoms with Crippen LogP contribution >= 0.6 is 11.3 Å². The first-order valence-corrected chi connectivity index (χ1v) is 8.53. The van der Waals surface area contributed by atoms with E-state index >= 15 is 0 Å². The van der Waals surface area contributed by atoms with Crippen LogP contribution in [0.3, 0.4) is 0 Å². The van der Waals surface area contributed by atoms with Crippen molar-refractivity contribution in [2.24, 2.45) is 0 Å². The van der Waals surface area contributed by atoms with Gasteiger partial charge in [-0.2, -0.15) is 0 Å². The van der Waals surface area contributed by atoms with Crippen LogP contribution in [0.15, 0.2) is 48.8 Å². The molecule has 0 saturated heterocycles. The van der Waals surface area contributed by atoms with Crippen molar-refractivity contribution in [1.29, 1.82) is 0 Å². The SMILES string of the molecule is COc1ccc(NC(=O)NCc2sc(-c3cccnc3)nc2C)cc1. The lowest BCUT2D eigenvalue weighted by Crippen LogP contribution is -2.28. The summed E-state index contributed by atoms with van der Waals surface area (Å²) in [6.07, 6.45) is 3.52. The van der Waals surface area contributed by atoms with E-state index in [1.165, 1.54) is 0 Å². The molecule has 7 heteroatoms. The number of methoxy groups -OCH3 is 1. The molecule has 0 atom stereocenters. The molecule has 2 aromatic heterocycles. The fraction of sp³-hybridized carbons (Fsp3) is 0.167. The van der Waals surface area contributed by atoms with E-state index in [0.29, 0.717) is 12.2 Å². The number of hydrogen-bond acceptors (Lipinski definition) is 5. The molecule has 3 rings (SSSR count). The Balaban J connectivity index is 1.59. The standard InChI is InChI=1S/C18H18N4O2S/c1-12-16(25-17(21-12)13-4-3-9-19-10-13)11-20-18(23)22-14-5-7-15(24-2)8-6-14/h3-10H,11H2,1-2H3,(H2,20,22,23). The second-order valence-corrected chi connectivity index (χ2v) is 6.39. The molecule has 0 fully saturated rings. The maximum Gasteiger partial charge on any atom is 0.319 e. The van der Waals surface area contributed by atoms with Crippen LogP contribution in [0.1, 0.15) is 10.6 Å². The lowest BCUT2D eigenvalue weighted by atomic mass is 10.3. The van der Waals surface area contributed by atoms with Gasteiger partial charge in [-0.25, -0.2) is 9.78 Å². The number of aromatic nitrogens is 2. The molecule has 0 bridgehead atoms. The fourth-order valence-corrected chi connectivity index (χ4v) is 3.21. The summed E-state index contributed by atoms with van der Waals surface area (Å²) in [5.41, 5.74) is 2.59. The molecule has 0 unspecified atom stereocenters. The largest absolute Gasteiger partial charge is 0.497 e. The van der Waals surface area contributed by atoms with Crippen molar-refractivity contribution >= 4 is 23.1 Å². The van der Waals surface area contributed by atoms with E-state index in [1.54, 1.807) is 55.1 Å².